The van der Waals surface area contributed by atoms with Crippen LogP contribution in [0.5, 0.6) is 0 Å². The molecule has 4 aromatic rings. The molecule has 1 aliphatic heterocycles. The van der Waals surface area contributed by atoms with Gasteiger partial charge in [-0.2, -0.15) is 18.6 Å². The molecule has 0 aliphatic carbocycles. The van der Waals surface area contributed by atoms with Gasteiger partial charge in [0.05, 0.1) is 17.4 Å². The van der Waals surface area contributed by atoms with Crippen molar-refractivity contribution in [1.82, 2.24) is 39.0 Å². The van der Waals surface area contributed by atoms with E-state index in [0.29, 0.717) is 35.1 Å². The van der Waals surface area contributed by atoms with Crippen molar-refractivity contribution in [1.29, 1.82) is 0 Å². The van der Waals surface area contributed by atoms with Crippen molar-refractivity contribution < 1.29 is 0 Å². The first-order valence-electron chi connectivity index (χ1n) is 9.87. The quantitative estimate of drug-likeness (QED) is 0.484. The van der Waals surface area contributed by atoms with Crippen molar-refractivity contribution in [3.63, 3.8) is 0 Å². The molecule has 0 radical (unpaired) electrons. The van der Waals surface area contributed by atoms with Crippen molar-refractivity contribution >= 4 is 47.6 Å². The number of nitrogens with zero attached hydrogens (tertiary/aromatic N) is 8. The Hall–Kier alpha value is -2.63. The maximum absolute atomic E-state index is 13.4. The minimum atomic E-state index is -0.127. The SMILES string of the molecule is CN(C)CCn1c([C@@H]2CCCN2c2ncnc3nc[nH]c23)nn2ccc(Cl)c2c1=O.S. The fourth-order valence-corrected chi connectivity index (χ4v) is 4.32. The van der Waals surface area contributed by atoms with E-state index in [4.69, 9.17) is 16.7 Å². The normalized spacial score (nSPS) is 16.5. The van der Waals surface area contributed by atoms with Gasteiger partial charge in [0.25, 0.3) is 5.56 Å². The third-order valence-electron chi connectivity index (χ3n) is 5.55. The van der Waals surface area contributed by atoms with Gasteiger partial charge in [-0.3, -0.25) is 9.36 Å². The lowest BCUT2D eigenvalue weighted by atomic mass is 10.2. The monoisotopic (exact) mass is 461 g/mol. The van der Waals surface area contributed by atoms with Crippen molar-refractivity contribution in [3.05, 3.63) is 46.1 Å². The summed E-state index contributed by atoms with van der Waals surface area (Å²) in [6.07, 6.45) is 6.71. The maximum atomic E-state index is 13.4. The number of fused-ring (bicyclic) bond motifs is 2. The number of likely N-dealkylation sites (N-methyl/N-ethyl adjacent to an activating group) is 1. The first-order valence-corrected chi connectivity index (χ1v) is 10.3. The molecule has 1 atom stereocenters. The van der Waals surface area contributed by atoms with Crippen LogP contribution in [0.2, 0.25) is 5.02 Å². The molecule has 0 spiro atoms. The summed E-state index contributed by atoms with van der Waals surface area (Å²) in [5, 5.41) is 5.24. The largest absolute Gasteiger partial charge is 0.344 e. The van der Waals surface area contributed by atoms with Gasteiger partial charge in [0.1, 0.15) is 17.4 Å². The number of nitrogens with one attached hydrogen (secondary N) is 1. The zero-order valence-corrected chi connectivity index (χ0v) is 19.0. The molecular weight excluding hydrogens is 438 g/mol. The molecule has 5 rings (SSSR count). The number of aromatic amines is 1. The second-order valence-electron chi connectivity index (χ2n) is 7.72. The molecule has 0 amide bonds. The highest BCUT2D eigenvalue weighted by Crippen LogP contribution is 2.36. The minimum Gasteiger partial charge on any atom is -0.344 e. The van der Waals surface area contributed by atoms with Crippen molar-refractivity contribution in [2.45, 2.75) is 25.4 Å². The molecule has 0 bridgehead atoms. The molecule has 5 heterocycles. The summed E-state index contributed by atoms with van der Waals surface area (Å²) in [5.41, 5.74) is 1.69. The average Bonchev–Trinajstić information content (AvgIpc) is 3.46. The number of rotatable bonds is 5. The van der Waals surface area contributed by atoms with E-state index in [-0.39, 0.29) is 25.1 Å². The van der Waals surface area contributed by atoms with Gasteiger partial charge in [-0.15, -0.1) is 0 Å². The number of imidazole rings is 1. The summed E-state index contributed by atoms with van der Waals surface area (Å²) in [6, 6.07) is 1.61. The van der Waals surface area contributed by atoms with Gasteiger partial charge in [0.2, 0.25) is 0 Å². The van der Waals surface area contributed by atoms with Crippen LogP contribution < -0.4 is 10.5 Å². The molecule has 1 fully saturated rings. The summed E-state index contributed by atoms with van der Waals surface area (Å²) in [6.45, 7) is 2.05. The standard InChI is InChI=1S/C19H22ClN9O.H2S/c1-26(2)8-9-28-17(25-29-7-5-12(20)15(29)19(28)30)13-4-3-6-27(13)18-14-16(22-10-21-14)23-11-24-18;/h5,7,10-11,13H,3-4,6,8-9H2,1-2H3,(H,21,22,23,24);1H2/t13-;/m0./s1. The summed E-state index contributed by atoms with van der Waals surface area (Å²) in [5.74, 6) is 1.49. The molecule has 0 aromatic carbocycles. The van der Waals surface area contributed by atoms with Gasteiger partial charge in [0, 0.05) is 25.8 Å². The lowest BCUT2D eigenvalue weighted by Gasteiger charge is -2.27. The zero-order chi connectivity index (χ0) is 20.8. The number of halogens is 1. The van der Waals surface area contributed by atoms with Gasteiger partial charge in [0.15, 0.2) is 17.3 Å². The third-order valence-corrected chi connectivity index (χ3v) is 5.85. The molecule has 0 unspecified atom stereocenters. The maximum Gasteiger partial charge on any atom is 0.279 e. The van der Waals surface area contributed by atoms with Crippen LogP contribution in [0.4, 0.5) is 5.82 Å². The lowest BCUT2D eigenvalue weighted by Crippen LogP contribution is -2.36. The Bertz CT molecular complexity index is 1280. The van der Waals surface area contributed by atoms with Crippen LogP contribution in [-0.4, -0.2) is 66.2 Å². The van der Waals surface area contributed by atoms with Crippen LogP contribution in [0.15, 0.2) is 29.7 Å². The van der Waals surface area contributed by atoms with Crippen LogP contribution >= 0.6 is 25.1 Å². The fourth-order valence-electron chi connectivity index (χ4n) is 4.10. The molecule has 0 saturated carbocycles. The van der Waals surface area contributed by atoms with Crippen LogP contribution in [0.3, 0.4) is 0 Å². The Morgan fingerprint density at radius 1 is 1.29 bits per heavy atom. The lowest BCUT2D eigenvalue weighted by molar-refractivity contribution is 0.370. The average molecular weight is 462 g/mol. The summed E-state index contributed by atoms with van der Waals surface area (Å²) in [4.78, 5) is 33.7. The van der Waals surface area contributed by atoms with Crippen LogP contribution in [0.25, 0.3) is 16.7 Å². The van der Waals surface area contributed by atoms with E-state index in [1.54, 1.807) is 27.7 Å². The molecule has 164 valence electrons. The van der Waals surface area contributed by atoms with Crippen molar-refractivity contribution in [3.8, 4) is 0 Å². The molecule has 1 aliphatic rings. The number of hydrogen-bond donors (Lipinski definition) is 1. The van der Waals surface area contributed by atoms with Crippen LogP contribution in [-0.2, 0) is 6.54 Å². The van der Waals surface area contributed by atoms with E-state index in [0.717, 1.165) is 30.7 Å². The Labute approximate surface area is 190 Å². The molecule has 1 N–H and O–H groups in total. The fraction of sp³-hybridized carbons (Fsp3) is 0.421. The Morgan fingerprint density at radius 2 is 2.13 bits per heavy atom. The first kappa shape index (κ1) is 21.6. The van der Waals surface area contributed by atoms with E-state index >= 15 is 0 Å². The molecule has 31 heavy (non-hydrogen) atoms. The number of aromatic nitrogens is 7. The highest BCUT2D eigenvalue weighted by Gasteiger charge is 2.33. The number of H-pyrrole nitrogens is 1. The second-order valence-corrected chi connectivity index (χ2v) is 8.13. The highest BCUT2D eigenvalue weighted by molar-refractivity contribution is 7.59. The number of anilines is 1. The van der Waals surface area contributed by atoms with Crippen molar-refractivity contribution in [2.24, 2.45) is 0 Å². The van der Waals surface area contributed by atoms with Crippen LogP contribution in [0.1, 0.15) is 24.7 Å². The second kappa shape index (κ2) is 8.48. The first-order chi connectivity index (χ1) is 14.5. The molecule has 12 heteroatoms. The van der Waals surface area contributed by atoms with Gasteiger partial charge >= 0.3 is 0 Å². The van der Waals surface area contributed by atoms with E-state index in [2.05, 4.69) is 24.8 Å². The van der Waals surface area contributed by atoms with Gasteiger partial charge in [-0.25, -0.2) is 19.5 Å². The van der Waals surface area contributed by atoms with Crippen LogP contribution in [0, 0.1) is 0 Å². The third kappa shape index (κ3) is 3.66. The zero-order valence-electron chi connectivity index (χ0n) is 17.3. The summed E-state index contributed by atoms with van der Waals surface area (Å²) in [7, 11) is 3.97. The van der Waals surface area contributed by atoms with E-state index in [1.165, 1.54) is 6.33 Å². The predicted octanol–water partition coefficient (Wildman–Crippen LogP) is 1.83. The molecular formula is C19H24ClN9OS. The van der Waals surface area contributed by atoms with E-state index in [1.807, 2.05) is 19.0 Å². The summed E-state index contributed by atoms with van der Waals surface area (Å²) < 4.78 is 3.35. The number of hydrogen-bond acceptors (Lipinski definition) is 7. The summed E-state index contributed by atoms with van der Waals surface area (Å²) >= 11 is 6.28. The predicted molar refractivity (Wildman–Crippen MR) is 124 cm³/mol. The Kier molecular flexibility index (Phi) is 5.91. The minimum absolute atomic E-state index is 0. The van der Waals surface area contributed by atoms with Gasteiger partial charge in [-0.05, 0) is 33.0 Å². The topological polar surface area (TPSA) is 100 Å². The molecule has 10 nitrogen and oxygen atoms in total. The van der Waals surface area contributed by atoms with E-state index < -0.39 is 0 Å². The smallest absolute Gasteiger partial charge is 0.279 e. The Morgan fingerprint density at radius 3 is 2.94 bits per heavy atom. The molecule has 1 saturated heterocycles. The molecule has 4 aromatic heterocycles. The van der Waals surface area contributed by atoms with Gasteiger partial charge < -0.3 is 14.8 Å². The van der Waals surface area contributed by atoms with E-state index in [9.17, 15) is 4.79 Å². The Balaban J connectivity index is 0.00000231. The highest BCUT2D eigenvalue weighted by atomic mass is 35.5. The van der Waals surface area contributed by atoms with Crippen molar-refractivity contribution in [2.75, 3.05) is 32.1 Å². The van der Waals surface area contributed by atoms with Gasteiger partial charge in [-0.1, -0.05) is 11.6 Å².